The molecule has 0 aromatic heterocycles. The molecule has 3 rings (SSSR count). The summed E-state index contributed by atoms with van der Waals surface area (Å²) in [5.74, 6) is -2.67. The Kier molecular flexibility index (Phi) is 6.11. The Morgan fingerprint density at radius 3 is 2.74 bits per heavy atom. The van der Waals surface area contributed by atoms with Crippen molar-refractivity contribution in [3.05, 3.63) is 59.2 Å². The number of carbonyl (C=O) groups is 2. The van der Waals surface area contributed by atoms with Crippen LogP contribution in [0.1, 0.15) is 24.5 Å². The Morgan fingerprint density at radius 2 is 1.93 bits per heavy atom. The average Bonchev–Trinajstić information content (AvgIpc) is 3.10. The second kappa shape index (κ2) is 8.52. The summed E-state index contributed by atoms with van der Waals surface area (Å²) in [4.78, 5) is 25.0. The molecule has 0 radical (unpaired) electrons. The van der Waals surface area contributed by atoms with E-state index in [2.05, 4.69) is 17.4 Å². The smallest absolute Gasteiger partial charge is 0.317 e. The van der Waals surface area contributed by atoms with Gasteiger partial charge in [0.1, 0.15) is 11.6 Å². The summed E-state index contributed by atoms with van der Waals surface area (Å²) in [5, 5.41) is 2.22. The van der Waals surface area contributed by atoms with E-state index in [-0.39, 0.29) is 11.4 Å². The molecule has 0 aliphatic heterocycles. The van der Waals surface area contributed by atoms with E-state index in [1.807, 2.05) is 6.07 Å². The van der Waals surface area contributed by atoms with Crippen LogP contribution in [-0.2, 0) is 27.2 Å². The highest BCUT2D eigenvalue weighted by atomic mass is 32.2. The van der Waals surface area contributed by atoms with Gasteiger partial charge in [-0.3, -0.25) is 9.59 Å². The lowest BCUT2D eigenvalue weighted by atomic mass is 10.1. The van der Waals surface area contributed by atoms with E-state index in [0.717, 1.165) is 42.4 Å². The SMILES string of the molecule is C[C@H](OC(=O)CSc1ccc2c(c1)CCC2)C(=O)Nc1cc(F)ccc1F. The van der Waals surface area contributed by atoms with Crippen molar-refractivity contribution in [2.45, 2.75) is 37.2 Å². The molecule has 0 saturated carbocycles. The first-order valence-corrected chi connectivity index (χ1v) is 9.61. The van der Waals surface area contributed by atoms with Crippen LogP contribution in [-0.4, -0.2) is 23.7 Å². The Balaban J connectivity index is 1.49. The zero-order chi connectivity index (χ0) is 19.4. The third kappa shape index (κ3) is 5.07. The van der Waals surface area contributed by atoms with Crippen molar-refractivity contribution >= 4 is 29.3 Å². The van der Waals surface area contributed by atoms with Crippen LogP contribution in [0.3, 0.4) is 0 Å². The third-order valence-electron chi connectivity index (χ3n) is 4.29. The van der Waals surface area contributed by atoms with Crippen LogP contribution >= 0.6 is 11.8 Å². The third-order valence-corrected chi connectivity index (χ3v) is 5.26. The molecule has 4 nitrogen and oxygen atoms in total. The number of fused-ring (bicyclic) bond motifs is 1. The van der Waals surface area contributed by atoms with Crippen molar-refractivity contribution in [3.63, 3.8) is 0 Å². The monoisotopic (exact) mass is 391 g/mol. The second-order valence-electron chi connectivity index (χ2n) is 6.32. The second-order valence-corrected chi connectivity index (χ2v) is 7.37. The van der Waals surface area contributed by atoms with Gasteiger partial charge in [-0.25, -0.2) is 8.78 Å². The van der Waals surface area contributed by atoms with Gasteiger partial charge in [-0.2, -0.15) is 0 Å². The Morgan fingerprint density at radius 1 is 1.15 bits per heavy atom. The maximum atomic E-state index is 13.6. The summed E-state index contributed by atoms with van der Waals surface area (Å²) in [6, 6.07) is 8.87. The van der Waals surface area contributed by atoms with Gasteiger partial charge in [0.2, 0.25) is 0 Å². The number of aryl methyl sites for hydroxylation is 2. The molecule has 1 aliphatic carbocycles. The van der Waals surface area contributed by atoms with Crippen molar-refractivity contribution in [1.29, 1.82) is 0 Å². The maximum Gasteiger partial charge on any atom is 0.317 e. The first kappa shape index (κ1) is 19.4. The summed E-state index contributed by atoms with van der Waals surface area (Å²) in [7, 11) is 0. The number of anilines is 1. The quantitative estimate of drug-likeness (QED) is 0.595. The molecule has 1 aliphatic rings. The van der Waals surface area contributed by atoms with Gasteiger partial charge in [-0.05, 0) is 61.6 Å². The molecule has 0 fully saturated rings. The molecule has 0 heterocycles. The first-order chi connectivity index (χ1) is 12.9. The molecule has 2 aromatic rings. The van der Waals surface area contributed by atoms with E-state index >= 15 is 0 Å². The van der Waals surface area contributed by atoms with Crippen LogP contribution in [0, 0.1) is 11.6 Å². The van der Waals surface area contributed by atoms with E-state index in [1.165, 1.54) is 29.8 Å². The number of hydrogen-bond acceptors (Lipinski definition) is 4. The minimum atomic E-state index is -1.12. The highest BCUT2D eigenvalue weighted by molar-refractivity contribution is 8.00. The van der Waals surface area contributed by atoms with Gasteiger partial charge in [-0.15, -0.1) is 11.8 Å². The predicted octanol–water partition coefficient (Wildman–Crippen LogP) is 4.12. The first-order valence-electron chi connectivity index (χ1n) is 8.62. The number of hydrogen-bond donors (Lipinski definition) is 1. The van der Waals surface area contributed by atoms with Crippen LogP contribution in [0.15, 0.2) is 41.3 Å². The standard InChI is InChI=1S/C20H19F2NO3S/c1-12(20(25)23-18-10-15(21)6-8-17(18)22)26-19(24)11-27-16-7-5-13-3-2-4-14(13)9-16/h5-10,12H,2-4,11H2,1H3,(H,23,25)/t12-/m0/s1. The molecule has 0 spiro atoms. The number of amides is 1. The van der Waals surface area contributed by atoms with E-state index in [1.54, 1.807) is 0 Å². The molecule has 27 heavy (non-hydrogen) atoms. The fraction of sp³-hybridized carbons (Fsp3) is 0.300. The van der Waals surface area contributed by atoms with Crippen LogP contribution in [0.25, 0.3) is 0 Å². The summed E-state index contributed by atoms with van der Waals surface area (Å²) >= 11 is 1.34. The predicted molar refractivity (Wildman–Crippen MR) is 99.7 cm³/mol. The molecular weight excluding hydrogens is 372 g/mol. The van der Waals surface area contributed by atoms with Crippen LogP contribution in [0.4, 0.5) is 14.5 Å². The Labute approximate surface area is 160 Å². The number of carbonyl (C=O) groups excluding carboxylic acids is 2. The highest BCUT2D eigenvalue weighted by Crippen LogP contribution is 2.27. The number of thioether (sulfide) groups is 1. The highest BCUT2D eigenvalue weighted by Gasteiger charge is 2.20. The minimum Gasteiger partial charge on any atom is -0.452 e. The molecule has 1 N–H and O–H groups in total. The Hall–Kier alpha value is -2.41. The normalized spacial score (nSPS) is 13.7. The summed E-state index contributed by atoms with van der Waals surface area (Å²) in [5.41, 5.74) is 2.38. The van der Waals surface area contributed by atoms with E-state index in [4.69, 9.17) is 4.74 Å². The maximum absolute atomic E-state index is 13.6. The number of ether oxygens (including phenoxy) is 1. The summed E-state index contributed by atoms with van der Waals surface area (Å²) < 4.78 is 31.8. The van der Waals surface area contributed by atoms with Gasteiger partial charge in [-0.1, -0.05) is 6.07 Å². The van der Waals surface area contributed by atoms with Gasteiger partial charge in [0.15, 0.2) is 6.10 Å². The van der Waals surface area contributed by atoms with Crippen molar-refractivity contribution < 1.29 is 23.1 Å². The number of rotatable bonds is 6. The molecule has 1 atom stereocenters. The number of nitrogens with one attached hydrogen (secondary N) is 1. The van der Waals surface area contributed by atoms with Gasteiger partial charge in [0.05, 0.1) is 11.4 Å². The fourth-order valence-electron chi connectivity index (χ4n) is 2.89. The van der Waals surface area contributed by atoms with Crippen molar-refractivity contribution in [2.24, 2.45) is 0 Å². The topological polar surface area (TPSA) is 55.4 Å². The Bertz CT molecular complexity index is 872. The van der Waals surface area contributed by atoms with Gasteiger partial charge < -0.3 is 10.1 Å². The molecule has 0 unspecified atom stereocenters. The average molecular weight is 391 g/mol. The number of esters is 1. The molecule has 0 bridgehead atoms. The largest absolute Gasteiger partial charge is 0.452 e. The van der Waals surface area contributed by atoms with E-state index in [9.17, 15) is 18.4 Å². The lowest BCUT2D eigenvalue weighted by molar-refractivity contribution is -0.150. The van der Waals surface area contributed by atoms with Crippen LogP contribution < -0.4 is 5.32 Å². The van der Waals surface area contributed by atoms with Gasteiger partial charge >= 0.3 is 5.97 Å². The number of halogens is 2. The zero-order valence-electron chi connectivity index (χ0n) is 14.8. The minimum absolute atomic E-state index is 0.0603. The van der Waals surface area contributed by atoms with Crippen LogP contribution in [0.5, 0.6) is 0 Å². The molecule has 2 aromatic carbocycles. The summed E-state index contributed by atoms with van der Waals surface area (Å²) in [6.07, 6.45) is 2.19. The molecule has 0 saturated heterocycles. The van der Waals surface area contributed by atoms with E-state index in [0.29, 0.717) is 0 Å². The van der Waals surface area contributed by atoms with Crippen molar-refractivity contribution in [3.8, 4) is 0 Å². The van der Waals surface area contributed by atoms with Crippen molar-refractivity contribution in [2.75, 3.05) is 11.1 Å². The molecule has 7 heteroatoms. The van der Waals surface area contributed by atoms with Gasteiger partial charge in [0, 0.05) is 11.0 Å². The van der Waals surface area contributed by atoms with Crippen molar-refractivity contribution in [1.82, 2.24) is 0 Å². The van der Waals surface area contributed by atoms with Gasteiger partial charge in [0.25, 0.3) is 5.91 Å². The number of benzene rings is 2. The zero-order valence-corrected chi connectivity index (χ0v) is 15.6. The molecule has 1 amide bonds. The fourth-order valence-corrected chi connectivity index (χ4v) is 3.64. The molecule has 142 valence electrons. The van der Waals surface area contributed by atoms with E-state index < -0.39 is 29.6 Å². The summed E-state index contributed by atoms with van der Waals surface area (Å²) in [6.45, 7) is 1.38. The molecular formula is C20H19F2NO3S. The lowest BCUT2D eigenvalue weighted by Gasteiger charge is -2.14. The lowest BCUT2D eigenvalue weighted by Crippen LogP contribution is -2.30. The van der Waals surface area contributed by atoms with Crippen LogP contribution in [0.2, 0.25) is 0 Å².